The lowest BCUT2D eigenvalue weighted by Gasteiger charge is -2.07. The summed E-state index contributed by atoms with van der Waals surface area (Å²) >= 11 is 1.39. The fraction of sp³-hybridized carbons (Fsp3) is 0.125. The topological polar surface area (TPSA) is 177 Å². The van der Waals surface area contributed by atoms with Crippen molar-refractivity contribution in [2.24, 2.45) is 16.6 Å². The lowest BCUT2D eigenvalue weighted by atomic mass is 10.1. The molecule has 5 rings (SSSR count). The lowest BCUT2D eigenvalue weighted by molar-refractivity contribution is -0.137. The van der Waals surface area contributed by atoms with Crippen LogP contribution in [0.15, 0.2) is 102 Å². The van der Waals surface area contributed by atoms with E-state index in [1.54, 1.807) is 67.8 Å². The highest BCUT2D eigenvalue weighted by Gasteiger charge is 2.30. The molecule has 0 fully saturated rings. The number of aliphatic imine (C=N–C) groups is 1. The van der Waals surface area contributed by atoms with E-state index in [2.05, 4.69) is 30.9 Å². The first-order chi connectivity index (χ1) is 22.4. The van der Waals surface area contributed by atoms with Crippen molar-refractivity contribution in [3.05, 3.63) is 114 Å². The number of H-pyrrole nitrogens is 1. The normalized spacial score (nSPS) is 10.7. The van der Waals surface area contributed by atoms with Crippen LogP contribution in [0.25, 0.3) is 11.4 Å². The molecule has 11 nitrogen and oxygen atoms in total. The smallest absolute Gasteiger partial charge is 0.416 e. The summed E-state index contributed by atoms with van der Waals surface area (Å²) in [7, 11) is 1.57. The van der Waals surface area contributed by atoms with Crippen molar-refractivity contribution in [2.45, 2.75) is 13.1 Å². The number of carbonyl (C=O) groups is 1. The standard InChI is InChI=1S/C16H13F3N4O.C8H10N2OS.C8H10N2O.HI/c1-24-13-7-5-12(6-8-13)20-15-21-14(22-23-15)10-3-2-4-11(9-10)16(17,18)19;1-12-8(9)10-6-2-4-7(11)5-3-6;1-6-3-2-4-7(5-6)8(11)10-9;/h2-9H,1H3,(H2,20,21,22,23);2-5,11H,1H3,(H2,9,10);2-5H,9H2,1H3,(H,10,11);1H. The van der Waals surface area contributed by atoms with Crippen LogP contribution in [0.3, 0.4) is 0 Å². The van der Waals surface area contributed by atoms with Crippen LogP contribution in [-0.4, -0.2) is 44.7 Å². The highest BCUT2D eigenvalue weighted by molar-refractivity contribution is 14.0. The number of nitrogens with one attached hydrogen (secondary N) is 3. The van der Waals surface area contributed by atoms with Crippen molar-refractivity contribution in [3.63, 3.8) is 0 Å². The van der Waals surface area contributed by atoms with E-state index < -0.39 is 11.7 Å². The number of aromatic hydroxyl groups is 1. The number of nitrogens with two attached hydrogens (primary N) is 2. The van der Waals surface area contributed by atoms with Gasteiger partial charge in [-0.05, 0) is 86.0 Å². The Morgan fingerprint density at radius 1 is 1.00 bits per heavy atom. The molecule has 0 saturated heterocycles. The molecule has 0 aliphatic carbocycles. The highest BCUT2D eigenvalue weighted by Crippen LogP contribution is 2.31. The number of aryl methyl sites for hydroxylation is 1. The predicted molar refractivity (Wildman–Crippen MR) is 194 cm³/mol. The maximum Gasteiger partial charge on any atom is 0.416 e. The first kappa shape index (κ1) is 39.4. The van der Waals surface area contributed by atoms with E-state index in [1.165, 1.54) is 23.9 Å². The van der Waals surface area contributed by atoms with Crippen molar-refractivity contribution in [2.75, 3.05) is 18.7 Å². The maximum absolute atomic E-state index is 12.8. The minimum Gasteiger partial charge on any atom is -0.508 e. The third kappa shape index (κ3) is 12.8. The number of rotatable bonds is 6. The molecule has 0 bridgehead atoms. The molecule has 1 heterocycles. The van der Waals surface area contributed by atoms with Gasteiger partial charge in [0, 0.05) is 16.8 Å². The Labute approximate surface area is 296 Å². The van der Waals surface area contributed by atoms with E-state index in [1.807, 2.05) is 25.3 Å². The number of halogens is 4. The molecule has 4 aromatic carbocycles. The van der Waals surface area contributed by atoms with E-state index in [4.69, 9.17) is 21.4 Å². The largest absolute Gasteiger partial charge is 0.508 e. The second-order valence-electron chi connectivity index (χ2n) is 9.45. The number of methoxy groups -OCH3 is 1. The molecule has 0 aliphatic rings. The van der Waals surface area contributed by atoms with Gasteiger partial charge in [-0.3, -0.25) is 15.3 Å². The summed E-state index contributed by atoms with van der Waals surface area (Å²) < 4.78 is 43.4. The molecular formula is C32H34F3IN8O3S. The number of nitrogens with zero attached hydrogens (tertiary/aromatic N) is 3. The quantitative estimate of drug-likeness (QED) is 0.0260. The number of amidine groups is 1. The van der Waals surface area contributed by atoms with Crippen LogP contribution in [0.2, 0.25) is 0 Å². The Bertz CT molecular complexity index is 1770. The number of alkyl halides is 3. The van der Waals surface area contributed by atoms with Gasteiger partial charge in [0.05, 0.1) is 18.4 Å². The van der Waals surface area contributed by atoms with Gasteiger partial charge in [0.2, 0.25) is 5.95 Å². The molecule has 8 N–H and O–H groups in total. The summed E-state index contributed by atoms with van der Waals surface area (Å²) in [6.45, 7) is 1.92. The number of phenols is 1. The van der Waals surface area contributed by atoms with Gasteiger partial charge in [0.25, 0.3) is 5.91 Å². The van der Waals surface area contributed by atoms with Crippen molar-refractivity contribution < 1.29 is 27.8 Å². The molecule has 0 aliphatic heterocycles. The SMILES string of the molecule is COc1ccc(Nc2n[nH]c(-c3cccc(C(F)(F)F)c3)n2)cc1.CSC(N)=Nc1ccc(O)cc1.Cc1cccc(C(=O)NN)c1.I. The summed E-state index contributed by atoms with van der Waals surface area (Å²) in [5.41, 5.74) is 10.2. The minimum atomic E-state index is -4.40. The molecule has 0 saturated carbocycles. The zero-order valence-electron chi connectivity index (χ0n) is 25.9. The zero-order valence-corrected chi connectivity index (χ0v) is 29.1. The van der Waals surface area contributed by atoms with E-state index in [-0.39, 0.29) is 47.4 Å². The highest BCUT2D eigenvalue weighted by atomic mass is 127. The average molecular weight is 795 g/mol. The third-order valence-electron chi connectivity index (χ3n) is 6.00. The van der Waals surface area contributed by atoms with Gasteiger partial charge in [-0.2, -0.15) is 18.2 Å². The number of aromatic nitrogens is 3. The van der Waals surface area contributed by atoms with Crippen molar-refractivity contribution in [1.29, 1.82) is 0 Å². The van der Waals surface area contributed by atoms with Gasteiger partial charge < -0.3 is 20.9 Å². The van der Waals surface area contributed by atoms with Crippen LogP contribution in [-0.2, 0) is 6.18 Å². The molecular weight excluding hydrogens is 760 g/mol. The van der Waals surface area contributed by atoms with Crippen LogP contribution in [0.1, 0.15) is 21.5 Å². The molecule has 254 valence electrons. The fourth-order valence-corrected chi connectivity index (χ4v) is 3.86. The van der Waals surface area contributed by atoms with Crippen LogP contribution >= 0.6 is 35.7 Å². The maximum atomic E-state index is 12.8. The van der Waals surface area contributed by atoms with Crippen LogP contribution in [0.4, 0.5) is 30.5 Å². The molecule has 1 amide bonds. The van der Waals surface area contributed by atoms with Crippen LogP contribution in [0, 0.1) is 6.92 Å². The molecule has 0 spiro atoms. The number of hydrogen-bond acceptors (Lipinski definition) is 9. The molecule has 0 radical (unpaired) electrons. The van der Waals surface area contributed by atoms with Crippen molar-refractivity contribution >= 4 is 64.1 Å². The van der Waals surface area contributed by atoms with Crippen LogP contribution in [0.5, 0.6) is 11.5 Å². The molecule has 5 aromatic rings. The number of nitrogen functional groups attached to an aromatic ring is 1. The van der Waals surface area contributed by atoms with Gasteiger partial charge in [0.1, 0.15) is 11.5 Å². The number of hydrazine groups is 1. The Morgan fingerprint density at radius 2 is 1.67 bits per heavy atom. The lowest BCUT2D eigenvalue weighted by Crippen LogP contribution is -2.29. The summed E-state index contributed by atoms with van der Waals surface area (Å²) in [4.78, 5) is 19.2. The van der Waals surface area contributed by atoms with E-state index in [9.17, 15) is 18.0 Å². The summed E-state index contributed by atoms with van der Waals surface area (Å²) in [6.07, 6.45) is -2.54. The fourth-order valence-electron chi connectivity index (χ4n) is 3.66. The molecule has 1 aromatic heterocycles. The number of anilines is 2. The number of ether oxygens (including phenoxy) is 1. The Balaban J connectivity index is 0.000000280. The second-order valence-corrected chi connectivity index (χ2v) is 10.3. The summed E-state index contributed by atoms with van der Waals surface area (Å²) in [6, 6.07) is 25.8. The summed E-state index contributed by atoms with van der Waals surface area (Å²) in [5.74, 6) is 6.14. The monoisotopic (exact) mass is 794 g/mol. The van der Waals surface area contributed by atoms with Gasteiger partial charge >= 0.3 is 6.18 Å². The number of benzene rings is 4. The second kappa shape index (κ2) is 19.1. The number of aromatic amines is 1. The van der Waals surface area contributed by atoms with Gasteiger partial charge in [-0.25, -0.2) is 10.8 Å². The third-order valence-corrected chi connectivity index (χ3v) is 6.51. The number of hydrogen-bond donors (Lipinski definition) is 6. The zero-order chi connectivity index (χ0) is 34.4. The predicted octanol–water partition coefficient (Wildman–Crippen LogP) is 7.16. The molecule has 0 unspecified atom stereocenters. The Hall–Kier alpha value is -4.81. The number of carbonyl (C=O) groups excluding carboxylic acids is 1. The molecule has 48 heavy (non-hydrogen) atoms. The van der Waals surface area contributed by atoms with E-state index >= 15 is 0 Å². The molecule has 0 atom stereocenters. The Kier molecular flexibility index (Phi) is 15.7. The first-order valence-electron chi connectivity index (χ1n) is 13.7. The van der Waals surface area contributed by atoms with E-state index in [0.29, 0.717) is 22.0 Å². The summed E-state index contributed by atoms with van der Waals surface area (Å²) in [5, 5.41) is 19.0. The number of amides is 1. The Morgan fingerprint density at radius 3 is 2.25 bits per heavy atom. The first-order valence-corrected chi connectivity index (χ1v) is 14.9. The number of thioether (sulfide) groups is 1. The van der Waals surface area contributed by atoms with E-state index in [0.717, 1.165) is 29.1 Å². The van der Waals surface area contributed by atoms with Crippen LogP contribution < -0.4 is 27.1 Å². The van der Waals surface area contributed by atoms with Crippen molar-refractivity contribution in [1.82, 2.24) is 20.6 Å². The minimum absolute atomic E-state index is 0. The van der Waals surface area contributed by atoms with Crippen molar-refractivity contribution in [3.8, 4) is 22.9 Å². The molecule has 16 heteroatoms. The van der Waals surface area contributed by atoms with Gasteiger partial charge in [-0.1, -0.05) is 41.6 Å². The number of phenolic OH excluding ortho intramolecular Hbond substituents is 1. The van der Waals surface area contributed by atoms with Gasteiger partial charge in [0.15, 0.2) is 11.0 Å². The van der Waals surface area contributed by atoms with Gasteiger partial charge in [-0.15, -0.1) is 29.1 Å². The average Bonchev–Trinajstić information content (AvgIpc) is 3.54.